The Bertz CT molecular complexity index is 465. The van der Waals surface area contributed by atoms with Gasteiger partial charge < -0.3 is 14.4 Å². The molecule has 2 rings (SSSR count). The Morgan fingerprint density at radius 3 is 2.60 bits per heavy atom. The number of hydrogen-bond donors (Lipinski definition) is 0. The maximum absolute atomic E-state index is 12.2. The molecule has 20 heavy (non-hydrogen) atoms. The quantitative estimate of drug-likeness (QED) is 0.626. The average Bonchev–Trinajstić information content (AvgIpc) is 2.47. The molecule has 1 aromatic carbocycles. The van der Waals surface area contributed by atoms with Gasteiger partial charge in [0.25, 0.3) is 0 Å². The Balaban J connectivity index is 1.93. The van der Waals surface area contributed by atoms with Crippen molar-refractivity contribution in [2.24, 2.45) is 5.92 Å². The number of likely N-dealkylation sites (tertiary alicyclic amines) is 1. The van der Waals surface area contributed by atoms with E-state index in [9.17, 15) is 4.79 Å². The molecule has 0 atom stereocenters. The zero-order valence-corrected chi connectivity index (χ0v) is 12.5. The van der Waals surface area contributed by atoms with E-state index in [1.807, 2.05) is 19.1 Å². The summed E-state index contributed by atoms with van der Waals surface area (Å²) in [6.45, 7) is 7.12. The first-order valence-electron chi connectivity index (χ1n) is 7.22. The number of carbonyl (C=O) groups is 1. The summed E-state index contributed by atoms with van der Waals surface area (Å²) in [5.74, 6) is 1.33. The van der Waals surface area contributed by atoms with E-state index in [4.69, 9.17) is 9.47 Å². The molecular weight excluding hydrogens is 254 g/mol. The number of methoxy groups -OCH3 is 1. The van der Waals surface area contributed by atoms with Crippen LogP contribution in [-0.2, 0) is 4.79 Å². The number of benzene rings is 1. The van der Waals surface area contributed by atoms with Gasteiger partial charge in [-0.05, 0) is 63.2 Å². The lowest BCUT2D eigenvalue weighted by atomic mass is 9.97. The van der Waals surface area contributed by atoms with E-state index in [1.54, 1.807) is 13.2 Å². The zero-order valence-electron chi connectivity index (χ0n) is 12.5. The van der Waals surface area contributed by atoms with Gasteiger partial charge >= 0.3 is 5.97 Å². The first-order valence-corrected chi connectivity index (χ1v) is 7.22. The minimum absolute atomic E-state index is 0.0280. The van der Waals surface area contributed by atoms with Crippen molar-refractivity contribution in [1.29, 1.82) is 0 Å². The van der Waals surface area contributed by atoms with Crippen LogP contribution >= 0.6 is 0 Å². The second-order valence-corrected chi connectivity index (χ2v) is 5.26. The maximum Gasteiger partial charge on any atom is 0.314 e. The largest absolute Gasteiger partial charge is 0.496 e. The fraction of sp³-hybridized carbons (Fsp3) is 0.562. The highest BCUT2D eigenvalue weighted by atomic mass is 16.5. The van der Waals surface area contributed by atoms with E-state index >= 15 is 0 Å². The highest BCUT2D eigenvalue weighted by Gasteiger charge is 2.25. The third-order valence-corrected chi connectivity index (χ3v) is 3.95. The van der Waals surface area contributed by atoms with Crippen LogP contribution in [0.4, 0.5) is 0 Å². The number of carbonyl (C=O) groups excluding carboxylic acids is 1. The van der Waals surface area contributed by atoms with E-state index < -0.39 is 0 Å². The van der Waals surface area contributed by atoms with Crippen molar-refractivity contribution < 1.29 is 14.3 Å². The van der Waals surface area contributed by atoms with E-state index in [0.29, 0.717) is 5.75 Å². The summed E-state index contributed by atoms with van der Waals surface area (Å²) in [6, 6.07) is 5.46. The van der Waals surface area contributed by atoms with Crippen molar-refractivity contribution in [3.8, 4) is 11.5 Å². The monoisotopic (exact) mass is 277 g/mol. The molecule has 0 N–H and O–H groups in total. The molecule has 4 nitrogen and oxygen atoms in total. The number of nitrogens with zero attached hydrogens (tertiary/aromatic N) is 1. The summed E-state index contributed by atoms with van der Waals surface area (Å²) in [4.78, 5) is 14.5. The van der Waals surface area contributed by atoms with Crippen LogP contribution in [-0.4, -0.2) is 37.6 Å². The molecule has 0 bridgehead atoms. The van der Waals surface area contributed by atoms with E-state index in [-0.39, 0.29) is 11.9 Å². The first-order chi connectivity index (χ1) is 9.63. The lowest BCUT2D eigenvalue weighted by molar-refractivity contribution is -0.140. The Kier molecular flexibility index (Phi) is 5.01. The number of esters is 1. The molecule has 1 aromatic rings. The molecule has 1 aliphatic rings. The second kappa shape index (κ2) is 6.75. The van der Waals surface area contributed by atoms with Crippen molar-refractivity contribution in [2.75, 3.05) is 26.7 Å². The molecule has 0 radical (unpaired) electrons. The maximum atomic E-state index is 12.2. The van der Waals surface area contributed by atoms with Crippen LogP contribution in [0.3, 0.4) is 0 Å². The van der Waals surface area contributed by atoms with Crippen LogP contribution in [0, 0.1) is 12.8 Å². The highest BCUT2D eigenvalue weighted by molar-refractivity contribution is 5.75. The molecular formula is C16H23NO3. The van der Waals surface area contributed by atoms with Gasteiger partial charge in [0.15, 0.2) is 0 Å². The molecule has 1 saturated heterocycles. The molecule has 1 heterocycles. The van der Waals surface area contributed by atoms with Crippen LogP contribution in [0.5, 0.6) is 11.5 Å². The summed E-state index contributed by atoms with van der Waals surface area (Å²) in [7, 11) is 1.63. The Hall–Kier alpha value is -1.55. The van der Waals surface area contributed by atoms with Crippen LogP contribution < -0.4 is 9.47 Å². The van der Waals surface area contributed by atoms with Gasteiger partial charge in [-0.1, -0.05) is 6.92 Å². The molecule has 4 heteroatoms. The number of rotatable bonds is 4. The average molecular weight is 277 g/mol. The van der Waals surface area contributed by atoms with Crippen molar-refractivity contribution in [3.63, 3.8) is 0 Å². The Morgan fingerprint density at radius 2 is 2.05 bits per heavy atom. The second-order valence-electron chi connectivity index (χ2n) is 5.26. The molecule has 0 aliphatic carbocycles. The lowest BCUT2D eigenvalue weighted by Gasteiger charge is -2.29. The van der Waals surface area contributed by atoms with Crippen molar-refractivity contribution in [3.05, 3.63) is 23.8 Å². The normalized spacial score (nSPS) is 16.9. The minimum Gasteiger partial charge on any atom is -0.496 e. The fourth-order valence-corrected chi connectivity index (χ4v) is 2.60. The molecule has 110 valence electrons. The van der Waals surface area contributed by atoms with Gasteiger partial charge in [0, 0.05) is 0 Å². The van der Waals surface area contributed by atoms with Crippen molar-refractivity contribution in [1.82, 2.24) is 4.90 Å². The molecule has 1 aliphatic heterocycles. The van der Waals surface area contributed by atoms with Crippen molar-refractivity contribution in [2.45, 2.75) is 26.7 Å². The Labute approximate surface area is 120 Å². The molecule has 0 unspecified atom stereocenters. The van der Waals surface area contributed by atoms with Gasteiger partial charge in [-0.3, -0.25) is 4.79 Å². The van der Waals surface area contributed by atoms with Gasteiger partial charge in [-0.15, -0.1) is 0 Å². The minimum atomic E-state index is -0.106. The van der Waals surface area contributed by atoms with E-state index in [2.05, 4.69) is 11.8 Å². The van der Waals surface area contributed by atoms with E-state index in [0.717, 1.165) is 43.8 Å². The van der Waals surface area contributed by atoms with Crippen LogP contribution in [0.15, 0.2) is 18.2 Å². The van der Waals surface area contributed by atoms with Gasteiger partial charge in [-0.25, -0.2) is 0 Å². The topological polar surface area (TPSA) is 38.8 Å². The molecule has 0 saturated carbocycles. The fourth-order valence-electron chi connectivity index (χ4n) is 2.60. The van der Waals surface area contributed by atoms with Gasteiger partial charge in [0.05, 0.1) is 13.0 Å². The number of hydrogen-bond acceptors (Lipinski definition) is 4. The summed E-state index contributed by atoms with van der Waals surface area (Å²) >= 11 is 0. The molecule has 0 amide bonds. The summed E-state index contributed by atoms with van der Waals surface area (Å²) in [5, 5.41) is 0. The molecule has 1 fully saturated rings. The lowest BCUT2D eigenvalue weighted by Crippen LogP contribution is -2.37. The van der Waals surface area contributed by atoms with Crippen LogP contribution in [0.25, 0.3) is 0 Å². The summed E-state index contributed by atoms with van der Waals surface area (Å²) in [6.07, 6.45) is 1.78. The van der Waals surface area contributed by atoms with E-state index in [1.165, 1.54) is 0 Å². The third-order valence-electron chi connectivity index (χ3n) is 3.95. The van der Waals surface area contributed by atoms with Gasteiger partial charge in [-0.2, -0.15) is 0 Å². The van der Waals surface area contributed by atoms with Crippen LogP contribution in [0.2, 0.25) is 0 Å². The number of piperidine rings is 1. The summed E-state index contributed by atoms with van der Waals surface area (Å²) < 4.78 is 10.7. The highest BCUT2D eigenvalue weighted by Crippen LogP contribution is 2.25. The van der Waals surface area contributed by atoms with Gasteiger partial charge in [0.2, 0.25) is 0 Å². The third kappa shape index (κ3) is 3.51. The van der Waals surface area contributed by atoms with Crippen LogP contribution in [0.1, 0.15) is 25.3 Å². The molecule has 0 aromatic heterocycles. The standard InChI is InChI=1S/C16H23NO3/c1-4-17-9-7-13(8-10-17)16(18)20-14-5-6-15(19-3)12(2)11-14/h5-6,11,13H,4,7-10H2,1-3H3. The SMILES string of the molecule is CCN1CCC(C(=O)Oc2ccc(OC)c(C)c2)CC1. The number of ether oxygens (including phenoxy) is 2. The van der Waals surface area contributed by atoms with Crippen molar-refractivity contribution >= 4 is 5.97 Å². The summed E-state index contributed by atoms with van der Waals surface area (Å²) in [5.41, 5.74) is 0.971. The predicted molar refractivity (Wildman–Crippen MR) is 78.2 cm³/mol. The zero-order chi connectivity index (χ0) is 14.5. The van der Waals surface area contributed by atoms with Gasteiger partial charge in [0.1, 0.15) is 11.5 Å². The number of aryl methyl sites for hydroxylation is 1. The molecule has 0 spiro atoms. The smallest absolute Gasteiger partial charge is 0.314 e. The Morgan fingerprint density at radius 1 is 1.35 bits per heavy atom. The first kappa shape index (κ1) is 14.9. The predicted octanol–water partition coefficient (Wildman–Crippen LogP) is 2.64.